The van der Waals surface area contributed by atoms with E-state index in [9.17, 15) is 14.4 Å². The highest BCUT2D eigenvalue weighted by Gasteiger charge is 2.42. The van der Waals surface area contributed by atoms with Crippen LogP contribution in [0.15, 0.2) is 24.3 Å². The number of carbonyl (C=O) groups is 3. The van der Waals surface area contributed by atoms with Crippen LogP contribution < -0.4 is 10.6 Å². The molecule has 2 unspecified atom stereocenters. The number of hydrogen-bond donors (Lipinski definition) is 2. The van der Waals surface area contributed by atoms with Gasteiger partial charge in [-0.3, -0.25) is 9.59 Å². The van der Waals surface area contributed by atoms with Gasteiger partial charge in [0.05, 0.1) is 0 Å². The standard InChI is InChI=1S/C29H47N3O4/c1-9-21-16-18-22(19-17-21)24(25(33)31-23-14-12-11-13-15-23)32(29(7,8)10-2)26(34)20(3)30-27(35)36-28(4,5)6/h16-20,23-24H,9-15H2,1-8H3,(H,30,35)(H,31,33). The molecule has 1 saturated carbocycles. The molecule has 0 heterocycles. The SMILES string of the molecule is CCc1ccc(C(C(=O)NC2CCCCC2)N(C(=O)C(C)NC(=O)OC(C)(C)C)C(C)(C)CC)cc1. The summed E-state index contributed by atoms with van der Waals surface area (Å²) >= 11 is 0. The summed E-state index contributed by atoms with van der Waals surface area (Å²) < 4.78 is 5.37. The molecule has 2 N–H and O–H groups in total. The molecule has 3 amide bonds. The normalized spacial score (nSPS) is 16.6. The number of alkyl carbamates (subject to hydrolysis) is 1. The minimum Gasteiger partial charge on any atom is -0.444 e. The van der Waals surface area contributed by atoms with E-state index in [2.05, 4.69) is 17.6 Å². The fourth-order valence-electron chi connectivity index (χ4n) is 4.58. The highest BCUT2D eigenvalue weighted by molar-refractivity contribution is 5.92. The molecule has 7 nitrogen and oxygen atoms in total. The van der Waals surface area contributed by atoms with E-state index in [1.165, 1.54) is 6.42 Å². The van der Waals surface area contributed by atoms with Gasteiger partial charge in [0.1, 0.15) is 17.7 Å². The van der Waals surface area contributed by atoms with Crippen molar-refractivity contribution in [2.45, 2.75) is 130 Å². The van der Waals surface area contributed by atoms with Gasteiger partial charge in [-0.15, -0.1) is 0 Å². The van der Waals surface area contributed by atoms with E-state index < -0.39 is 29.3 Å². The van der Waals surface area contributed by atoms with Gasteiger partial charge in [-0.1, -0.05) is 57.4 Å². The zero-order valence-electron chi connectivity index (χ0n) is 23.6. The van der Waals surface area contributed by atoms with Crippen LogP contribution in [0.5, 0.6) is 0 Å². The molecular weight excluding hydrogens is 454 g/mol. The second kappa shape index (κ2) is 12.6. The van der Waals surface area contributed by atoms with Gasteiger partial charge in [0, 0.05) is 11.6 Å². The Labute approximate surface area is 217 Å². The number of amides is 3. The van der Waals surface area contributed by atoms with E-state index in [4.69, 9.17) is 4.74 Å². The minimum absolute atomic E-state index is 0.114. The quantitative estimate of drug-likeness (QED) is 0.456. The number of nitrogens with one attached hydrogen (secondary N) is 2. The lowest BCUT2D eigenvalue weighted by atomic mass is 9.90. The number of nitrogens with zero attached hydrogens (tertiary/aromatic N) is 1. The molecule has 0 radical (unpaired) electrons. The van der Waals surface area contributed by atoms with Gasteiger partial charge in [0.2, 0.25) is 11.8 Å². The van der Waals surface area contributed by atoms with Gasteiger partial charge in [-0.2, -0.15) is 0 Å². The Morgan fingerprint density at radius 2 is 1.58 bits per heavy atom. The van der Waals surface area contributed by atoms with Crippen LogP contribution in [-0.2, 0) is 20.7 Å². The molecule has 0 spiro atoms. The predicted octanol–water partition coefficient (Wildman–Crippen LogP) is 5.67. The summed E-state index contributed by atoms with van der Waals surface area (Å²) in [6, 6.07) is 6.35. The van der Waals surface area contributed by atoms with Crippen molar-refractivity contribution in [3.05, 3.63) is 35.4 Å². The van der Waals surface area contributed by atoms with Crippen molar-refractivity contribution >= 4 is 17.9 Å². The van der Waals surface area contributed by atoms with E-state index in [0.29, 0.717) is 6.42 Å². The fraction of sp³-hybridized carbons (Fsp3) is 0.690. The molecule has 202 valence electrons. The van der Waals surface area contributed by atoms with E-state index in [-0.39, 0.29) is 17.9 Å². The van der Waals surface area contributed by atoms with Gasteiger partial charge in [0.15, 0.2) is 0 Å². The second-order valence-corrected chi connectivity index (χ2v) is 11.6. The van der Waals surface area contributed by atoms with Crippen LogP contribution in [0.25, 0.3) is 0 Å². The summed E-state index contributed by atoms with van der Waals surface area (Å²) in [6.07, 6.45) is 6.16. The molecule has 7 heteroatoms. The third-order valence-electron chi connectivity index (χ3n) is 7.02. The van der Waals surface area contributed by atoms with Gasteiger partial charge in [-0.05, 0) is 78.4 Å². The zero-order valence-corrected chi connectivity index (χ0v) is 23.6. The number of aryl methyl sites for hydroxylation is 1. The van der Waals surface area contributed by atoms with E-state index in [1.807, 2.05) is 45.0 Å². The fourth-order valence-corrected chi connectivity index (χ4v) is 4.58. The number of ether oxygens (including phenoxy) is 1. The summed E-state index contributed by atoms with van der Waals surface area (Å²) in [6.45, 7) is 15.0. The first-order valence-electron chi connectivity index (χ1n) is 13.5. The third-order valence-corrected chi connectivity index (χ3v) is 7.02. The summed E-state index contributed by atoms with van der Waals surface area (Å²) in [5, 5.41) is 5.92. The average Bonchev–Trinajstić information content (AvgIpc) is 2.81. The number of hydrogen-bond acceptors (Lipinski definition) is 4. The van der Waals surface area contributed by atoms with Crippen LogP contribution in [0.1, 0.15) is 111 Å². The Hall–Kier alpha value is -2.57. The molecular formula is C29H47N3O4. The van der Waals surface area contributed by atoms with E-state index in [1.54, 1.807) is 32.6 Å². The summed E-state index contributed by atoms with van der Waals surface area (Å²) in [4.78, 5) is 42.0. The zero-order chi connectivity index (χ0) is 27.1. The number of rotatable bonds is 9. The van der Waals surface area contributed by atoms with Crippen LogP contribution in [0, 0.1) is 0 Å². The van der Waals surface area contributed by atoms with Crippen LogP contribution in [0.2, 0.25) is 0 Å². The first kappa shape index (κ1) is 29.7. The van der Waals surface area contributed by atoms with Crippen molar-refractivity contribution in [1.29, 1.82) is 0 Å². The van der Waals surface area contributed by atoms with Gasteiger partial charge >= 0.3 is 6.09 Å². The minimum atomic E-state index is -0.870. The lowest BCUT2D eigenvalue weighted by Gasteiger charge is -2.44. The van der Waals surface area contributed by atoms with Crippen LogP contribution in [0.3, 0.4) is 0 Å². The van der Waals surface area contributed by atoms with E-state index in [0.717, 1.165) is 43.2 Å². The lowest BCUT2D eigenvalue weighted by Crippen LogP contribution is -2.59. The molecule has 1 fully saturated rings. The van der Waals surface area contributed by atoms with Crippen molar-refractivity contribution < 1.29 is 19.1 Å². The number of benzene rings is 1. The Kier molecular flexibility index (Phi) is 10.4. The maximum atomic E-state index is 14.0. The monoisotopic (exact) mass is 501 g/mol. The van der Waals surface area contributed by atoms with Crippen molar-refractivity contribution in [1.82, 2.24) is 15.5 Å². The molecule has 1 aromatic carbocycles. The Bertz CT molecular complexity index is 883. The first-order valence-corrected chi connectivity index (χ1v) is 13.5. The molecule has 0 aliphatic heterocycles. The van der Waals surface area contributed by atoms with Crippen molar-refractivity contribution in [2.75, 3.05) is 0 Å². The predicted molar refractivity (Wildman–Crippen MR) is 144 cm³/mol. The van der Waals surface area contributed by atoms with Gasteiger partial charge in [0.25, 0.3) is 0 Å². The smallest absolute Gasteiger partial charge is 0.408 e. The summed E-state index contributed by atoms with van der Waals surface area (Å²) in [5.41, 5.74) is 0.607. The van der Waals surface area contributed by atoms with Crippen molar-refractivity contribution in [3.63, 3.8) is 0 Å². The molecule has 1 aliphatic carbocycles. The molecule has 2 rings (SSSR count). The Balaban J connectivity index is 2.45. The van der Waals surface area contributed by atoms with E-state index >= 15 is 0 Å². The topological polar surface area (TPSA) is 87.7 Å². The molecule has 36 heavy (non-hydrogen) atoms. The largest absolute Gasteiger partial charge is 0.444 e. The highest BCUT2D eigenvalue weighted by atomic mass is 16.6. The van der Waals surface area contributed by atoms with Crippen molar-refractivity contribution in [2.24, 2.45) is 0 Å². The molecule has 1 aromatic rings. The Morgan fingerprint density at radius 1 is 1.00 bits per heavy atom. The van der Waals surface area contributed by atoms with Gasteiger partial charge < -0.3 is 20.3 Å². The summed E-state index contributed by atoms with van der Waals surface area (Å²) in [7, 11) is 0. The Morgan fingerprint density at radius 3 is 2.08 bits per heavy atom. The van der Waals surface area contributed by atoms with Gasteiger partial charge in [-0.25, -0.2) is 4.79 Å². The molecule has 0 aromatic heterocycles. The summed E-state index contributed by atoms with van der Waals surface area (Å²) in [5.74, 6) is -0.499. The first-order chi connectivity index (χ1) is 16.8. The highest BCUT2D eigenvalue weighted by Crippen LogP contribution is 2.33. The van der Waals surface area contributed by atoms with Crippen LogP contribution >= 0.6 is 0 Å². The lowest BCUT2D eigenvalue weighted by molar-refractivity contribution is -0.149. The average molecular weight is 502 g/mol. The molecule has 2 atom stereocenters. The second-order valence-electron chi connectivity index (χ2n) is 11.6. The molecule has 0 saturated heterocycles. The van der Waals surface area contributed by atoms with Crippen LogP contribution in [0.4, 0.5) is 4.79 Å². The maximum absolute atomic E-state index is 14.0. The van der Waals surface area contributed by atoms with Crippen LogP contribution in [-0.4, -0.2) is 46.0 Å². The van der Waals surface area contributed by atoms with Crippen molar-refractivity contribution in [3.8, 4) is 0 Å². The molecule has 0 bridgehead atoms. The third kappa shape index (κ3) is 8.24. The maximum Gasteiger partial charge on any atom is 0.408 e. The number of carbonyl (C=O) groups excluding carboxylic acids is 3. The molecule has 1 aliphatic rings.